The van der Waals surface area contributed by atoms with E-state index in [0.29, 0.717) is 19.8 Å². The third-order valence-corrected chi connectivity index (χ3v) is 7.40. The lowest BCUT2D eigenvalue weighted by molar-refractivity contribution is 0.597. The van der Waals surface area contributed by atoms with Gasteiger partial charge in [0.25, 0.3) is 0 Å². The largest absolute Gasteiger partial charge is 0.282 e. The van der Waals surface area contributed by atoms with Crippen LogP contribution in [0.5, 0.6) is 0 Å². The SMILES string of the molecule is NS(=O)(=O)c1ccc(NS(=O)(=O)CCCl)c(Sc2ccc(Cl)cc2Cl)c1. The van der Waals surface area contributed by atoms with E-state index in [1.807, 2.05) is 0 Å². The molecule has 0 unspecified atom stereocenters. The van der Waals surface area contributed by atoms with E-state index >= 15 is 0 Å². The standard InChI is InChI=1S/C14H13Cl3N2O4S3/c15-5-6-25(20,21)19-12-3-2-10(26(18,22)23)8-14(12)24-13-4-1-9(16)7-11(13)17/h1-4,7-8,19H,5-6H2,(H2,18,22,23). The predicted octanol–water partition coefficient (Wildman–Crippen LogP) is 3.77. The van der Waals surface area contributed by atoms with Gasteiger partial charge in [-0.25, -0.2) is 22.0 Å². The zero-order valence-corrected chi connectivity index (χ0v) is 17.7. The van der Waals surface area contributed by atoms with E-state index in [2.05, 4.69) is 4.72 Å². The highest BCUT2D eigenvalue weighted by atomic mass is 35.5. The van der Waals surface area contributed by atoms with E-state index in [0.717, 1.165) is 11.8 Å². The molecule has 12 heteroatoms. The Kier molecular flexibility index (Phi) is 7.11. The summed E-state index contributed by atoms with van der Waals surface area (Å²) in [7, 11) is -7.67. The molecule has 2 aromatic carbocycles. The predicted molar refractivity (Wildman–Crippen MR) is 107 cm³/mol. The Morgan fingerprint density at radius 2 is 1.69 bits per heavy atom. The fraction of sp³-hybridized carbons (Fsp3) is 0.143. The van der Waals surface area contributed by atoms with Crippen molar-refractivity contribution in [3.8, 4) is 0 Å². The molecule has 0 radical (unpaired) electrons. The fourth-order valence-electron chi connectivity index (χ4n) is 1.84. The van der Waals surface area contributed by atoms with Gasteiger partial charge in [0.2, 0.25) is 20.0 Å². The number of halogens is 3. The number of primary sulfonamides is 1. The third kappa shape index (κ3) is 5.91. The second kappa shape index (κ2) is 8.55. The molecule has 0 aliphatic rings. The number of nitrogens with one attached hydrogen (secondary N) is 1. The number of alkyl halides is 1. The number of rotatable bonds is 7. The lowest BCUT2D eigenvalue weighted by atomic mass is 10.3. The van der Waals surface area contributed by atoms with Gasteiger partial charge in [-0.2, -0.15) is 0 Å². The maximum atomic E-state index is 12.0. The van der Waals surface area contributed by atoms with E-state index in [-0.39, 0.29) is 22.2 Å². The summed E-state index contributed by atoms with van der Waals surface area (Å²) < 4.78 is 49.6. The maximum Gasteiger partial charge on any atom is 0.238 e. The zero-order valence-electron chi connectivity index (χ0n) is 12.9. The normalized spacial score (nSPS) is 12.2. The van der Waals surface area contributed by atoms with E-state index in [9.17, 15) is 16.8 Å². The lowest BCUT2D eigenvalue weighted by Gasteiger charge is -2.14. The van der Waals surface area contributed by atoms with E-state index in [4.69, 9.17) is 39.9 Å². The molecule has 6 nitrogen and oxygen atoms in total. The smallest absolute Gasteiger partial charge is 0.238 e. The number of anilines is 1. The van der Waals surface area contributed by atoms with Gasteiger partial charge in [0.15, 0.2) is 0 Å². The molecule has 0 saturated heterocycles. The molecule has 3 N–H and O–H groups in total. The molecular formula is C14H13Cl3N2O4S3. The Labute approximate surface area is 171 Å². The van der Waals surface area contributed by atoms with Crippen molar-refractivity contribution in [3.05, 3.63) is 46.4 Å². The summed E-state index contributed by atoms with van der Waals surface area (Å²) in [4.78, 5) is 0.699. The minimum Gasteiger partial charge on any atom is -0.282 e. The Hall–Kier alpha value is -0.680. The van der Waals surface area contributed by atoms with Gasteiger partial charge in [-0.1, -0.05) is 35.0 Å². The molecule has 2 rings (SSSR count). The number of hydrogen-bond donors (Lipinski definition) is 2. The molecule has 0 aliphatic heterocycles. The second-order valence-corrected chi connectivity index (χ2v) is 10.7. The molecule has 2 aromatic rings. The van der Waals surface area contributed by atoms with Gasteiger partial charge < -0.3 is 0 Å². The summed E-state index contributed by atoms with van der Waals surface area (Å²) >= 11 is 18.6. The Morgan fingerprint density at radius 3 is 2.27 bits per heavy atom. The molecule has 0 fully saturated rings. The van der Waals surface area contributed by atoms with Crippen LogP contribution in [0.4, 0.5) is 5.69 Å². The summed E-state index contributed by atoms with van der Waals surface area (Å²) in [6.45, 7) is 0. The Balaban J connectivity index is 2.51. The minimum atomic E-state index is -3.97. The maximum absolute atomic E-state index is 12.0. The van der Waals surface area contributed by atoms with Crippen LogP contribution < -0.4 is 9.86 Å². The van der Waals surface area contributed by atoms with Gasteiger partial charge in [-0.15, -0.1) is 11.6 Å². The van der Waals surface area contributed by atoms with Crippen molar-refractivity contribution in [2.45, 2.75) is 14.7 Å². The first kappa shape index (κ1) is 21.6. The van der Waals surface area contributed by atoms with Crippen molar-refractivity contribution in [2.24, 2.45) is 5.14 Å². The van der Waals surface area contributed by atoms with Crippen LogP contribution in [0.2, 0.25) is 10.0 Å². The molecule has 0 aliphatic carbocycles. The first-order chi connectivity index (χ1) is 12.0. The van der Waals surface area contributed by atoms with Crippen LogP contribution in [-0.4, -0.2) is 28.5 Å². The van der Waals surface area contributed by atoms with E-state index < -0.39 is 20.0 Å². The van der Waals surface area contributed by atoms with Crippen molar-refractivity contribution in [1.29, 1.82) is 0 Å². The zero-order chi connectivity index (χ0) is 19.5. The Bertz CT molecular complexity index is 1030. The molecule has 26 heavy (non-hydrogen) atoms. The fourth-order valence-corrected chi connectivity index (χ4v) is 5.42. The molecule has 0 amide bonds. The highest BCUT2D eigenvalue weighted by Crippen LogP contribution is 2.39. The number of nitrogens with two attached hydrogens (primary N) is 1. The highest BCUT2D eigenvalue weighted by molar-refractivity contribution is 7.99. The number of hydrogen-bond acceptors (Lipinski definition) is 5. The van der Waals surface area contributed by atoms with Crippen molar-refractivity contribution in [2.75, 3.05) is 16.4 Å². The van der Waals surface area contributed by atoms with Gasteiger partial charge in [0.05, 0.1) is 21.4 Å². The molecule has 0 heterocycles. The Morgan fingerprint density at radius 1 is 1.00 bits per heavy atom. The first-order valence-electron chi connectivity index (χ1n) is 6.88. The molecule has 142 valence electrons. The van der Waals surface area contributed by atoms with Crippen molar-refractivity contribution in [1.82, 2.24) is 0 Å². The van der Waals surface area contributed by atoms with Crippen LogP contribution >= 0.6 is 46.6 Å². The lowest BCUT2D eigenvalue weighted by Crippen LogP contribution is -2.18. The highest BCUT2D eigenvalue weighted by Gasteiger charge is 2.17. The van der Waals surface area contributed by atoms with Gasteiger partial charge in [-0.3, -0.25) is 4.72 Å². The van der Waals surface area contributed by atoms with Gasteiger partial charge in [-0.05, 0) is 36.4 Å². The second-order valence-electron chi connectivity index (χ2n) is 4.99. The van der Waals surface area contributed by atoms with E-state index in [1.54, 1.807) is 12.1 Å². The van der Waals surface area contributed by atoms with Gasteiger partial charge >= 0.3 is 0 Å². The molecule has 0 aromatic heterocycles. The quantitative estimate of drug-likeness (QED) is 0.593. The van der Waals surface area contributed by atoms with Crippen molar-refractivity contribution in [3.63, 3.8) is 0 Å². The molecule has 0 bridgehead atoms. The van der Waals surface area contributed by atoms with Crippen molar-refractivity contribution >= 4 is 72.3 Å². The average Bonchev–Trinajstić information content (AvgIpc) is 2.50. The van der Waals surface area contributed by atoms with Crippen LogP contribution in [0.15, 0.2) is 51.1 Å². The summed E-state index contributed by atoms with van der Waals surface area (Å²) in [5.74, 6) is -0.382. The number of benzene rings is 2. The minimum absolute atomic E-state index is 0.0872. The molecule has 0 spiro atoms. The van der Waals surface area contributed by atoms with Crippen LogP contribution in [0.1, 0.15) is 0 Å². The van der Waals surface area contributed by atoms with Crippen molar-refractivity contribution < 1.29 is 16.8 Å². The number of sulfonamides is 2. The summed E-state index contributed by atoms with van der Waals surface area (Å²) in [5.41, 5.74) is 0.179. The molecular weight excluding hydrogens is 463 g/mol. The van der Waals surface area contributed by atoms with E-state index in [1.165, 1.54) is 24.3 Å². The monoisotopic (exact) mass is 474 g/mol. The topological polar surface area (TPSA) is 106 Å². The summed E-state index contributed by atoms with van der Waals surface area (Å²) in [5, 5.41) is 5.92. The molecule has 0 atom stereocenters. The first-order valence-corrected chi connectivity index (χ1v) is 12.2. The summed E-state index contributed by atoms with van der Waals surface area (Å²) in [6, 6.07) is 8.56. The van der Waals surface area contributed by atoms with Crippen LogP contribution in [0.25, 0.3) is 0 Å². The average molecular weight is 476 g/mol. The van der Waals surface area contributed by atoms with Gasteiger partial charge in [0.1, 0.15) is 0 Å². The summed E-state index contributed by atoms with van der Waals surface area (Å²) in [6.07, 6.45) is 0. The van der Waals surface area contributed by atoms with Crippen LogP contribution in [0, 0.1) is 0 Å². The van der Waals surface area contributed by atoms with Gasteiger partial charge in [0, 0.05) is 20.7 Å². The van der Waals surface area contributed by atoms with Crippen LogP contribution in [-0.2, 0) is 20.0 Å². The van der Waals surface area contributed by atoms with Crippen LogP contribution in [0.3, 0.4) is 0 Å². The molecule has 0 saturated carbocycles. The third-order valence-electron chi connectivity index (χ3n) is 3.01.